The standard InChI is InChI=1S/C14H25NO3S2/c1-2-20(16,17)15-10-14(11-15)7-13(9-19-14)18-8-12-5-3-4-6-12/h12-13H,2-11H2,1H3. The van der Waals surface area contributed by atoms with Gasteiger partial charge in [-0.25, -0.2) is 8.42 Å². The molecule has 1 atom stereocenters. The first-order chi connectivity index (χ1) is 9.53. The molecule has 1 unspecified atom stereocenters. The summed E-state index contributed by atoms with van der Waals surface area (Å²) < 4.78 is 31.4. The highest BCUT2D eigenvalue weighted by atomic mass is 32.2. The quantitative estimate of drug-likeness (QED) is 0.778. The minimum absolute atomic E-state index is 0.155. The van der Waals surface area contributed by atoms with Crippen LogP contribution in [-0.2, 0) is 14.8 Å². The normalized spacial score (nSPS) is 30.9. The second-order valence-corrected chi connectivity index (χ2v) is 10.2. The lowest BCUT2D eigenvalue weighted by atomic mass is 9.95. The summed E-state index contributed by atoms with van der Waals surface area (Å²) in [6.45, 7) is 4.02. The predicted molar refractivity (Wildman–Crippen MR) is 82.5 cm³/mol. The van der Waals surface area contributed by atoms with Crippen LogP contribution in [0.25, 0.3) is 0 Å². The molecule has 0 aromatic heterocycles. The summed E-state index contributed by atoms with van der Waals surface area (Å²) in [7, 11) is -2.99. The third-order valence-corrected chi connectivity index (χ3v) is 8.25. The molecule has 2 aliphatic heterocycles. The van der Waals surface area contributed by atoms with Gasteiger partial charge in [-0.05, 0) is 32.1 Å². The van der Waals surface area contributed by atoms with E-state index in [2.05, 4.69) is 0 Å². The Bertz CT molecular complexity index is 439. The monoisotopic (exact) mass is 319 g/mol. The van der Waals surface area contributed by atoms with Crippen LogP contribution in [0.4, 0.5) is 0 Å². The van der Waals surface area contributed by atoms with E-state index >= 15 is 0 Å². The lowest BCUT2D eigenvalue weighted by molar-refractivity contribution is 0.0303. The molecule has 116 valence electrons. The van der Waals surface area contributed by atoms with Gasteiger partial charge in [0.05, 0.1) is 11.9 Å². The molecule has 2 saturated heterocycles. The molecule has 0 amide bonds. The van der Waals surface area contributed by atoms with E-state index in [-0.39, 0.29) is 10.5 Å². The number of ether oxygens (including phenoxy) is 1. The van der Waals surface area contributed by atoms with Crippen molar-refractivity contribution in [2.75, 3.05) is 31.2 Å². The van der Waals surface area contributed by atoms with E-state index in [1.54, 1.807) is 11.2 Å². The fourth-order valence-corrected chi connectivity index (χ4v) is 6.52. The van der Waals surface area contributed by atoms with E-state index in [1.807, 2.05) is 11.8 Å². The predicted octanol–water partition coefficient (Wildman–Crippen LogP) is 2.10. The van der Waals surface area contributed by atoms with Gasteiger partial charge < -0.3 is 4.74 Å². The van der Waals surface area contributed by atoms with Gasteiger partial charge in [0.2, 0.25) is 10.0 Å². The maximum absolute atomic E-state index is 11.8. The Labute approximate surface area is 126 Å². The first-order valence-corrected chi connectivity index (χ1v) is 10.4. The lowest BCUT2D eigenvalue weighted by Gasteiger charge is -2.46. The summed E-state index contributed by atoms with van der Waals surface area (Å²) in [5.74, 6) is 2.03. The number of nitrogens with zero attached hydrogens (tertiary/aromatic N) is 1. The fourth-order valence-electron chi connectivity index (χ4n) is 3.55. The molecule has 0 aromatic carbocycles. The molecule has 1 aliphatic carbocycles. The Morgan fingerprint density at radius 1 is 1.30 bits per heavy atom. The zero-order valence-corrected chi connectivity index (χ0v) is 13.8. The molecule has 4 nitrogen and oxygen atoms in total. The van der Waals surface area contributed by atoms with Crippen LogP contribution >= 0.6 is 11.8 Å². The average molecular weight is 319 g/mol. The molecule has 1 spiro atoms. The number of thioether (sulfide) groups is 1. The molecule has 0 aromatic rings. The fraction of sp³-hybridized carbons (Fsp3) is 1.00. The second kappa shape index (κ2) is 5.78. The van der Waals surface area contributed by atoms with Crippen molar-refractivity contribution in [3.63, 3.8) is 0 Å². The highest BCUT2D eigenvalue weighted by molar-refractivity contribution is 8.01. The van der Waals surface area contributed by atoms with E-state index in [0.717, 1.165) is 24.7 Å². The smallest absolute Gasteiger partial charge is 0.213 e. The van der Waals surface area contributed by atoms with Crippen LogP contribution in [0.2, 0.25) is 0 Å². The first-order valence-electron chi connectivity index (χ1n) is 7.76. The van der Waals surface area contributed by atoms with Gasteiger partial charge >= 0.3 is 0 Å². The number of hydrogen-bond donors (Lipinski definition) is 0. The Hall–Kier alpha value is 0.220. The van der Waals surface area contributed by atoms with Crippen LogP contribution in [0, 0.1) is 5.92 Å². The maximum Gasteiger partial charge on any atom is 0.213 e. The van der Waals surface area contributed by atoms with Crippen LogP contribution in [0.3, 0.4) is 0 Å². The van der Waals surface area contributed by atoms with Crippen molar-refractivity contribution < 1.29 is 13.2 Å². The van der Waals surface area contributed by atoms with Gasteiger partial charge in [0.15, 0.2) is 0 Å². The number of hydrogen-bond acceptors (Lipinski definition) is 4. The average Bonchev–Trinajstić information content (AvgIpc) is 3.03. The minimum Gasteiger partial charge on any atom is -0.377 e. The third kappa shape index (κ3) is 3.03. The molecule has 0 N–H and O–H groups in total. The third-order valence-electron chi connectivity index (χ3n) is 4.90. The van der Waals surface area contributed by atoms with Gasteiger partial charge in [0.25, 0.3) is 0 Å². The van der Waals surface area contributed by atoms with Gasteiger partial charge in [-0.15, -0.1) is 11.8 Å². The highest BCUT2D eigenvalue weighted by Gasteiger charge is 2.52. The SMILES string of the molecule is CCS(=O)(=O)N1CC2(CC(OCC3CCCC3)CS2)C1. The Morgan fingerprint density at radius 3 is 2.65 bits per heavy atom. The summed E-state index contributed by atoms with van der Waals surface area (Å²) in [6.07, 6.45) is 6.75. The Morgan fingerprint density at radius 2 is 2.00 bits per heavy atom. The Kier molecular flexibility index (Phi) is 4.37. The molecule has 3 fully saturated rings. The van der Waals surface area contributed by atoms with E-state index < -0.39 is 10.0 Å². The van der Waals surface area contributed by atoms with Crippen molar-refractivity contribution in [3.05, 3.63) is 0 Å². The van der Waals surface area contributed by atoms with Gasteiger partial charge in [-0.3, -0.25) is 0 Å². The highest BCUT2D eigenvalue weighted by Crippen LogP contribution is 2.47. The van der Waals surface area contributed by atoms with E-state index in [9.17, 15) is 8.42 Å². The maximum atomic E-state index is 11.8. The molecule has 0 bridgehead atoms. The molecule has 3 rings (SSSR count). The second-order valence-electron chi connectivity index (χ2n) is 6.47. The van der Waals surface area contributed by atoms with Crippen LogP contribution in [0.5, 0.6) is 0 Å². The van der Waals surface area contributed by atoms with Crippen molar-refractivity contribution in [3.8, 4) is 0 Å². The number of rotatable bonds is 5. The first kappa shape index (κ1) is 15.1. The lowest BCUT2D eigenvalue weighted by Crippen LogP contribution is -2.60. The van der Waals surface area contributed by atoms with Crippen molar-refractivity contribution in [2.45, 2.75) is 49.9 Å². The molecular weight excluding hydrogens is 294 g/mol. The Balaban J connectivity index is 1.44. The molecular formula is C14H25NO3S2. The van der Waals surface area contributed by atoms with Crippen molar-refractivity contribution >= 4 is 21.8 Å². The number of sulfonamides is 1. The van der Waals surface area contributed by atoms with Crippen LogP contribution < -0.4 is 0 Å². The van der Waals surface area contributed by atoms with Gasteiger partial charge in [-0.1, -0.05) is 12.8 Å². The van der Waals surface area contributed by atoms with E-state index in [4.69, 9.17) is 4.74 Å². The minimum atomic E-state index is -2.99. The summed E-state index contributed by atoms with van der Waals surface area (Å²) in [4.78, 5) is 0. The van der Waals surface area contributed by atoms with Crippen LogP contribution in [-0.4, -0.2) is 54.8 Å². The van der Waals surface area contributed by atoms with Crippen molar-refractivity contribution in [1.82, 2.24) is 4.31 Å². The largest absolute Gasteiger partial charge is 0.377 e. The van der Waals surface area contributed by atoms with E-state index in [1.165, 1.54) is 25.7 Å². The summed E-state index contributed by atoms with van der Waals surface area (Å²) in [6, 6.07) is 0. The summed E-state index contributed by atoms with van der Waals surface area (Å²) >= 11 is 1.92. The molecule has 1 saturated carbocycles. The van der Waals surface area contributed by atoms with Crippen molar-refractivity contribution in [2.24, 2.45) is 5.92 Å². The zero-order chi connectivity index (χ0) is 14.2. The van der Waals surface area contributed by atoms with Gasteiger partial charge in [-0.2, -0.15) is 4.31 Å². The van der Waals surface area contributed by atoms with E-state index in [0.29, 0.717) is 19.2 Å². The van der Waals surface area contributed by atoms with Crippen LogP contribution in [0.1, 0.15) is 39.0 Å². The topological polar surface area (TPSA) is 46.6 Å². The molecule has 20 heavy (non-hydrogen) atoms. The molecule has 3 aliphatic rings. The summed E-state index contributed by atoms with van der Waals surface area (Å²) in [5, 5.41) is 0. The van der Waals surface area contributed by atoms with Crippen LogP contribution in [0.15, 0.2) is 0 Å². The zero-order valence-electron chi connectivity index (χ0n) is 12.2. The molecule has 0 radical (unpaired) electrons. The summed E-state index contributed by atoms with van der Waals surface area (Å²) in [5.41, 5.74) is 0. The molecule has 6 heteroatoms. The van der Waals surface area contributed by atoms with Gasteiger partial charge in [0.1, 0.15) is 0 Å². The molecule has 2 heterocycles. The van der Waals surface area contributed by atoms with Crippen molar-refractivity contribution in [1.29, 1.82) is 0 Å². The van der Waals surface area contributed by atoms with Gasteiger partial charge in [0, 0.05) is 30.2 Å².